The number of nitrogens with zero attached hydrogens (tertiary/aromatic N) is 1. The molecule has 0 heterocycles. The van der Waals surface area contributed by atoms with Crippen molar-refractivity contribution in [2.45, 2.75) is 72.6 Å². The minimum atomic E-state index is -0.215. The fraction of sp³-hybridized carbons (Fsp3) is 0.938. The van der Waals surface area contributed by atoms with Crippen molar-refractivity contribution in [2.75, 3.05) is 13.1 Å². The van der Waals surface area contributed by atoms with E-state index in [4.69, 9.17) is 10.9 Å². The molecular formula is C16H35N3O. The Labute approximate surface area is 125 Å². The van der Waals surface area contributed by atoms with Gasteiger partial charge in [0.25, 0.3) is 0 Å². The van der Waals surface area contributed by atoms with Gasteiger partial charge < -0.3 is 16.3 Å². The summed E-state index contributed by atoms with van der Waals surface area (Å²) in [4.78, 5) is 0. The van der Waals surface area contributed by atoms with E-state index in [-0.39, 0.29) is 5.41 Å². The van der Waals surface area contributed by atoms with Gasteiger partial charge in [-0.15, -0.1) is 0 Å². The maximum absolute atomic E-state index is 8.70. The van der Waals surface area contributed by atoms with Crippen molar-refractivity contribution < 1.29 is 5.21 Å². The molecule has 0 aromatic rings. The molecule has 0 aromatic carbocycles. The summed E-state index contributed by atoms with van der Waals surface area (Å²) in [5.41, 5.74) is 5.45. The third-order valence-corrected chi connectivity index (χ3v) is 3.84. The van der Waals surface area contributed by atoms with Crippen LogP contribution in [0.3, 0.4) is 0 Å². The van der Waals surface area contributed by atoms with Gasteiger partial charge in [0.1, 0.15) is 5.84 Å². The van der Waals surface area contributed by atoms with Gasteiger partial charge in [0.2, 0.25) is 0 Å². The highest BCUT2D eigenvalue weighted by molar-refractivity contribution is 5.85. The molecule has 4 N–H and O–H groups in total. The van der Waals surface area contributed by atoms with Crippen molar-refractivity contribution in [3.63, 3.8) is 0 Å². The zero-order valence-electron chi connectivity index (χ0n) is 13.9. The van der Waals surface area contributed by atoms with Crippen LogP contribution in [0.2, 0.25) is 0 Å². The molecule has 0 atom stereocenters. The Morgan fingerprint density at radius 2 is 1.70 bits per heavy atom. The lowest BCUT2D eigenvalue weighted by Crippen LogP contribution is -2.32. The molecule has 0 aliphatic carbocycles. The predicted molar refractivity (Wildman–Crippen MR) is 87.2 cm³/mol. The standard InChI is InChI=1S/C16H35N3O/c1-14(2)10-7-5-6-8-12-18-13-9-11-16(3,4)15(17)19-20/h14,18,20H,5-13H2,1-4H3,(H2,17,19). The highest BCUT2D eigenvalue weighted by Crippen LogP contribution is 2.21. The van der Waals surface area contributed by atoms with Gasteiger partial charge in [-0.3, -0.25) is 0 Å². The van der Waals surface area contributed by atoms with Crippen LogP contribution in [0.1, 0.15) is 72.6 Å². The van der Waals surface area contributed by atoms with Gasteiger partial charge in [-0.05, 0) is 38.3 Å². The molecule has 0 bridgehead atoms. The van der Waals surface area contributed by atoms with Crippen molar-refractivity contribution in [3.8, 4) is 0 Å². The quantitative estimate of drug-likeness (QED) is 0.168. The van der Waals surface area contributed by atoms with Gasteiger partial charge in [-0.25, -0.2) is 0 Å². The van der Waals surface area contributed by atoms with E-state index >= 15 is 0 Å². The van der Waals surface area contributed by atoms with Crippen LogP contribution >= 0.6 is 0 Å². The second kappa shape index (κ2) is 11.0. The molecule has 0 unspecified atom stereocenters. The normalized spacial score (nSPS) is 13.2. The van der Waals surface area contributed by atoms with Gasteiger partial charge in [0.05, 0.1) is 0 Å². The lowest BCUT2D eigenvalue weighted by Gasteiger charge is -2.22. The van der Waals surface area contributed by atoms with E-state index in [2.05, 4.69) is 24.3 Å². The summed E-state index contributed by atoms with van der Waals surface area (Å²) in [5.74, 6) is 1.16. The van der Waals surface area contributed by atoms with Crippen molar-refractivity contribution in [2.24, 2.45) is 22.2 Å². The Morgan fingerprint density at radius 1 is 1.10 bits per heavy atom. The topological polar surface area (TPSA) is 70.6 Å². The molecule has 0 fully saturated rings. The lowest BCUT2D eigenvalue weighted by molar-refractivity contribution is 0.304. The first-order chi connectivity index (χ1) is 9.40. The summed E-state index contributed by atoms with van der Waals surface area (Å²) in [7, 11) is 0. The molecule has 0 saturated heterocycles. The van der Waals surface area contributed by atoms with Crippen LogP contribution in [0, 0.1) is 11.3 Å². The first kappa shape index (κ1) is 19.2. The molecule has 0 aliphatic heterocycles. The van der Waals surface area contributed by atoms with Crippen LogP contribution in [0.5, 0.6) is 0 Å². The third-order valence-electron chi connectivity index (χ3n) is 3.84. The van der Waals surface area contributed by atoms with Crippen LogP contribution < -0.4 is 11.1 Å². The van der Waals surface area contributed by atoms with Crippen LogP contribution in [-0.4, -0.2) is 24.1 Å². The summed E-state index contributed by atoms with van der Waals surface area (Å²) in [6.45, 7) is 10.7. The van der Waals surface area contributed by atoms with Crippen LogP contribution in [0.4, 0.5) is 0 Å². The molecule has 0 spiro atoms. The van der Waals surface area contributed by atoms with E-state index in [1.807, 2.05) is 13.8 Å². The minimum absolute atomic E-state index is 0.215. The SMILES string of the molecule is CC(C)CCCCCCNCCCC(C)(C)C(N)=NO. The molecule has 120 valence electrons. The average molecular weight is 285 g/mol. The Morgan fingerprint density at radius 3 is 2.30 bits per heavy atom. The molecule has 4 nitrogen and oxygen atoms in total. The van der Waals surface area contributed by atoms with E-state index in [1.165, 1.54) is 32.1 Å². The van der Waals surface area contributed by atoms with Gasteiger partial charge in [0, 0.05) is 5.41 Å². The highest BCUT2D eigenvalue weighted by Gasteiger charge is 2.22. The smallest absolute Gasteiger partial charge is 0.144 e. The second-order valence-electron chi connectivity index (χ2n) is 6.82. The molecule has 20 heavy (non-hydrogen) atoms. The molecular weight excluding hydrogens is 250 g/mol. The zero-order valence-corrected chi connectivity index (χ0v) is 13.9. The summed E-state index contributed by atoms with van der Waals surface area (Å²) >= 11 is 0. The van der Waals surface area contributed by atoms with E-state index in [0.717, 1.165) is 31.8 Å². The summed E-state index contributed by atoms with van der Waals surface area (Å²) in [6, 6.07) is 0. The van der Waals surface area contributed by atoms with Gasteiger partial charge in [0.15, 0.2) is 0 Å². The first-order valence-electron chi connectivity index (χ1n) is 8.09. The highest BCUT2D eigenvalue weighted by atomic mass is 16.4. The Kier molecular flexibility index (Phi) is 10.5. The monoisotopic (exact) mass is 285 g/mol. The number of rotatable bonds is 12. The first-order valence-corrected chi connectivity index (χ1v) is 8.09. The fourth-order valence-corrected chi connectivity index (χ4v) is 2.20. The number of nitrogens with one attached hydrogen (secondary N) is 1. The maximum atomic E-state index is 8.70. The van der Waals surface area contributed by atoms with Crippen LogP contribution in [-0.2, 0) is 0 Å². The van der Waals surface area contributed by atoms with Crippen molar-refractivity contribution >= 4 is 5.84 Å². The average Bonchev–Trinajstić information content (AvgIpc) is 2.39. The fourth-order valence-electron chi connectivity index (χ4n) is 2.20. The summed E-state index contributed by atoms with van der Waals surface area (Å²) in [6.07, 6.45) is 8.66. The number of oxime groups is 1. The van der Waals surface area contributed by atoms with Gasteiger partial charge in [-0.1, -0.05) is 58.5 Å². The zero-order chi connectivity index (χ0) is 15.4. The number of hydrogen-bond donors (Lipinski definition) is 3. The molecule has 0 rings (SSSR count). The molecule has 0 aromatic heterocycles. The maximum Gasteiger partial charge on any atom is 0.144 e. The largest absolute Gasteiger partial charge is 0.409 e. The van der Waals surface area contributed by atoms with Crippen molar-refractivity contribution in [3.05, 3.63) is 0 Å². The van der Waals surface area contributed by atoms with Crippen LogP contribution in [0.15, 0.2) is 5.16 Å². The number of unbranched alkanes of at least 4 members (excludes halogenated alkanes) is 3. The van der Waals surface area contributed by atoms with E-state index < -0.39 is 0 Å². The summed E-state index contributed by atoms with van der Waals surface area (Å²) < 4.78 is 0. The van der Waals surface area contributed by atoms with E-state index in [0.29, 0.717) is 5.84 Å². The number of hydrogen-bond acceptors (Lipinski definition) is 3. The third kappa shape index (κ3) is 10.1. The Balaban J connectivity index is 3.37. The van der Waals surface area contributed by atoms with Crippen LogP contribution in [0.25, 0.3) is 0 Å². The molecule has 0 aliphatic rings. The minimum Gasteiger partial charge on any atom is -0.409 e. The number of amidine groups is 1. The number of nitrogens with two attached hydrogens (primary N) is 1. The molecule has 0 radical (unpaired) electrons. The Hall–Kier alpha value is -0.770. The predicted octanol–water partition coefficient (Wildman–Crippen LogP) is 3.74. The summed E-state index contributed by atoms with van der Waals surface area (Å²) in [5, 5.41) is 15.3. The van der Waals surface area contributed by atoms with Gasteiger partial charge >= 0.3 is 0 Å². The van der Waals surface area contributed by atoms with Gasteiger partial charge in [-0.2, -0.15) is 0 Å². The lowest BCUT2D eigenvalue weighted by atomic mass is 9.86. The van der Waals surface area contributed by atoms with E-state index in [1.54, 1.807) is 0 Å². The molecule has 4 heteroatoms. The van der Waals surface area contributed by atoms with Crippen molar-refractivity contribution in [1.29, 1.82) is 0 Å². The molecule has 0 saturated carbocycles. The van der Waals surface area contributed by atoms with Crippen molar-refractivity contribution in [1.82, 2.24) is 5.32 Å². The second-order valence-corrected chi connectivity index (χ2v) is 6.82. The Bertz CT molecular complexity index is 262. The van der Waals surface area contributed by atoms with E-state index in [9.17, 15) is 0 Å². The molecule has 0 amide bonds.